The summed E-state index contributed by atoms with van der Waals surface area (Å²) in [5.41, 5.74) is 23.7. The van der Waals surface area contributed by atoms with E-state index in [1.165, 1.54) is 76.0 Å². The summed E-state index contributed by atoms with van der Waals surface area (Å²) < 4.78 is 13.5. The minimum absolute atomic E-state index is 0.255. The molecule has 0 fully saturated rings. The van der Waals surface area contributed by atoms with E-state index in [-0.39, 0.29) is 10.8 Å². The molecule has 8 nitrogen and oxygen atoms in total. The first-order chi connectivity index (χ1) is 58.9. The Balaban J connectivity index is 0.624. The highest BCUT2D eigenvalue weighted by atomic mass is 32.1. The van der Waals surface area contributed by atoms with Crippen molar-refractivity contribution in [2.75, 3.05) is 0 Å². The van der Waals surface area contributed by atoms with Crippen molar-refractivity contribution >= 4 is 193 Å². The third-order valence-corrected chi connectivity index (χ3v) is 29.6. The molecule has 6 aromatic heterocycles. The highest BCUT2D eigenvalue weighted by Crippen LogP contribution is 2.58. The van der Waals surface area contributed by atoms with E-state index in [0.717, 1.165) is 150 Å². The normalized spacial score (nSPS) is 13.4. The first kappa shape index (κ1) is 66.8. The van der Waals surface area contributed by atoms with Crippen molar-refractivity contribution < 1.29 is 0 Å². The molecule has 0 N–H and O–H groups in total. The molecule has 2 aliphatic rings. The van der Waals surface area contributed by atoms with Crippen molar-refractivity contribution in [3.63, 3.8) is 0 Å². The second-order valence-corrected chi connectivity index (χ2v) is 35.8. The molecule has 0 amide bonds. The number of fused-ring (bicyclic) bond motifs is 34. The zero-order valence-electron chi connectivity index (χ0n) is 65.3. The van der Waals surface area contributed by atoms with Gasteiger partial charge in [0.15, 0.2) is 0 Å². The van der Waals surface area contributed by atoms with Gasteiger partial charge in [-0.1, -0.05) is 246 Å². The molecule has 24 aromatic rings. The number of hydrogen-bond donors (Lipinski definition) is 0. The predicted molar refractivity (Wildman–Crippen MR) is 499 cm³/mol. The van der Waals surface area contributed by atoms with Gasteiger partial charge >= 0.3 is 0 Å². The molecule has 0 spiro atoms. The van der Waals surface area contributed by atoms with Crippen molar-refractivity contribution in [2.45, 2.75) is 38.5 Å². The molecular weight excluding hydrogens is 1500 g/mol. The monoisotopic (exact) mass is 1560 g/mol. The van der Waals surface area contributed by atoms with Crippen molar-refractivity contribution in [3.8, 4) is 80.4 Å². The maximum atomic E-state index is 11.7. The number of nitriles is 4. The maximum Gasteiger partial charge on any atom is 0.101 e. The SMILES string of the molecule is CC1(C)c2cc3c4ccccc4n(-c4cc(C#N)c(-n5c6ccccc6c6cc7c(cc65)-c5c(ccc6c(-c8cccc9c8ccc8sc%10c(ccc%11c%12ccccc%12n(-c%12cc(C#N)c(-n%13c%14ccccc%14c%14ccc%15c(sc%16ccc%17ccccc%17c%16%15)c%14%13)cc%12C#N)c%11%10)c89)cccc56)C7(C)C)cc4C#N)c3cc2-c2c1ccc1ccccc21. The average Bonchev–Trinajstić information content (AvgIpc) is 1.54. The standard InChI is InChI=1S/C110H62N8S2/c1-109(2)85-43-35-59-19-5-7-21-65(59)101(85)83-53-97-81(51-87(83)109)73-25-11-13-31-89(73)115(97)93-47-62(56-112)94(48-61(93)55-111)116-90-32-14-12-26-74(90)82-52-88-84(54-98(82)116)102-75-29-17-27-67(69(75)41-44-86(102)110(88,3)4)68-28-18-30-76-70(68)42-46-100-104(76)80-40-38-78-72-24-10-16-34-92(72)118(106(78)108(80)120-100)96-50-63(57-113)95(49-64(96)58-114)117-91-33-15-9-23-71(91)77-37-39-79-103-66-22-8-6-20-60(66)36-45-99(103)119-107(79)105(77)117/h5-54H,1-4H3. The second-order valence-electron chi connectivity index (χ2n) is 33.7. The van der Waals surface area contributed by atoms with E-state index >= 15 is 0 Å². The molecule has 2 aliphatic carbocycles. The summed E-state index contributed by atoms with van der Waals surface area (Å²) in [6.45, 7) is 9.36. The third kappa shape index (κ3) is 8.52. The van der Waals surface area contributed by atoms with Crippen molar-refractivity contribution in [1.29, 1.82) is 21.0 Å². The molecule has 26 rings (SSSR count). The van der Waals surface area contributed by atoms with Gasteiger partial charge in [-0.15, -0.1) is 22.7 Å². The van der Waals surface area contributed by atoms with Gasteiger partial charge in [-0.2, -0.15) is 21.0 Å². The minimum atomic E-state index is -0.384. The minimum Gasteiger partial charge on any atom is -0.308 e. The molecule has 0 unspecified atom stereocenters. The van der Waals surface area contributed by atoms with E-state index < -0.39 is 0 Å². The predicted octanol–water partition coefficient (Wildman–Crippen LogP) is 29.2. The Hall–Kier alpha value is -15.4. The van der Waals surface area contributed by atoms with Crippen LogP contribution >= 0.6 is 22.7 Å². The van der Waals surface area contributed by atoms with E-state index in [1.807, 2.05) is 24.3 Å². The van der Waals surface area contributed by atoms with Crippen LogP contribution in [0.2, 0.25) is 0 Å². The van der Waals surface area contributed by atoms with Crippen LogP contribution < -0.4 is 0 Å². The number of hydrogen-bond acceptors (Lipinski definition) is 6. The lowest BCUT2D eigenvalue weighted by atomic mass is 9.81. The van der Waals surface area contributed by atoms with Gasteiger partial charge in [-0.25, -0.2) is 0 Å². The molecule has 554 valence electrons. The van der Waals surface area contributed by atoms with Gasteiger partial charge in [-0.3, -0.25) is 0 Å². The summed E-state index contributed by atoms with van der Waals surface area (Å²) in [5.74, 6) is 0. The zero-order valence-corrected chi connectivity index (χ0v) is 66.9. The Labute approximate surface area is 694 Å². The Morgan fingerprint density at radius 1 is 0.242 bits per heavy atom. The first-order valence-corrected chi connectivity index (χ1v) is 42.3. The molecule has 0 aliphatic heterocycles. The molecular formula is C110H62N8S2. The number of rotatable bonds is 5. The van der Waals surface area contributed by atoms with Gasteiger partial charge in [0.1, 0.15) is 24.3 Å². The molecule has 0 saturated carbocycles. The summed E-state index contributed by atoms with van der Waals surface area (Å²) >= 11 is 3.55. The second kappa shape index (κ2) is 23.7. The van der Waals surface area contributed by atoms with Crippen LogP contribution in [0.1, 0.15) is 72.2 Å². The van der Waals surface area contributed by atoms with Crippen LogP contribution in [0.5, 0.6) is 0 Å². The molecule has 6 heterocycles. The topological polar surface area (TPSA) is 115 Å². The van der Waals surface area contributed by atoms with Crippen LogP contribution in [0.15, 0.2) is 303 Å². The molecule has 0 saturated heterocycles. The highest BCUT2D eigenvalue weighted by molar-refractivity contribution is 7.27. The van der Waals surface area contributed by atoms with Crippen molar-refractivity contribution in [2.24, 2.45) is 0 Å². The summed E-state index contributed by atoms with van der Waals surface area (Å²) in [4.78, 5) is 0. The lowest BCUT2D eigenvalue weighted by Crippen LogP contribution is -2.14. The number of thiophene rings is 2. The number of para-hydroxylation sites is 4. The molecule has 0 bridgehead atoms. The number of aromatic nitrogens is 4. The lowest BCUT2D eigenvalue weighted by Gasteiger charge is -2.22. The fourth-order valence-corrected chi connectivity index (χ4v) is 24.5. The van der Waals surface area contributed by atoms with Crippen LogP contribution in [-0.2, 0) is 10.8 Å². The zero-order chi connectivity index (χ0) is 79.8. The third-order valence-electron chi connectivity index (χ3n) is 27.3. The van der Waals surface area contributed by atoms with Crippen LogP contribution in [0.4, 0.5) is 0 Å². The first-order valence-electron chi connectivity index (χ1n) is 40.7. The summed E-state index contributed by atoms with van der Waals surface area (Å²) in [7, 11) is 0. The van der Waals surface area contributed by atoms with E-state index in [4.69, 9.17) is 0 Å². The van der Waals surface area contributed by atoms with Gasteiger partial charge in [0, 0.05) is 84.9 Å². The molecule has 18 aromatic carbocycles. The van der Waals surface area contributed by atoms with E-state index in [2.05, 4.69) is 349 Å². The van der Waals surface area contributed by atoms with Gasteiger partial charge in [0.05, 0.1) is 98.5 Å². The lowest BCUT2D eigenvalue weighted by molar-refractivity contribution is 0.661. The molecule has 120 heavy (non-hydrogen) atoms. The summed E-state index contributed by atoms with van der Waals surface area (Å²) in [6, 6.07) is 120. The van der Waals surface area contributed by atoms with Crippen LogP contribution in [0.3, 0.4) is 0 Å². The summed E-state index contributed by atoms with van der Waals surface area (Å²) in [6.07, 6.45) is 0. The summed E-state index contributed by atoms with van der Waals surface area (Å²) in [5, 5.41) is 69.4. The fraction of sp³-hybridized carbons (Fsp3) is 0.0545. The van der Waals surface area contributed by atoms with E-state index in [0.29, 0.717) is 45.0 Å². The van der Waals surface area contributed by atoms with Crippen LogP contribution in [0.25, 0.3) is 227 Å². The van der Waals surface area contributed by atoms with Crippen LogP contribution in [0, 0.1) is 45.3 Å². The smallest absolute Gasteiger partial charge is 0.101 e. The van der Waals surface area contributed by atoms with E-state index in [1.54, 1.807) is 22.7 Å². The van der Waals surface area contributed by atoms with Gasteiger partial charge in [0.2, 0.25) is 0 Å². The number of benzene rings is 18. The maximum absolute atomic E-state index is 11.7. The Kier molecular flexibility index (Phi) is 13.2. The highest BCUT2D eigenvalue weighted by Gasteiger charge is 2.40. The Bertz CT molecular complexity index is 9190. The fourth-order valence-electron chi connectivity index (χ4n) is 22.0. The van der Waals surface area contributed by atoms with Gasteiger partial charge in [0.25, 0.3) is 0 Å². The Morgan fingerprint density at radius 2 is 0.583 bits per heavy atom. The Morgan fingerprint density at radius 3 is 1.07 bits per heavy atom. The van der Waals surface area contributed by atoms with Crippen molar-refractivity contribution in [3.05, 3.63) is 348 Å². The quantitative estimate of drug-likeness (QED) is 0.171. The van der Waals surface area contributed by atoms with Gasteiger partial charge < -0.3 is 18.3 Å². The van der Waals surface area contributed by atoms with Crippen molar-refractivity contribution in [1.82, 2.24) is 18.3 Å². The average molecular weight is 1560 g/mol. The van der Waals surface area contributed by atoms with Crippen LogP contribution in [-0.4, -0.2) is 18.3 Å². The largest absolute Gasteiger partial charge is 0.308 e. The molecule has 0 radical (unpaired) electrons. The van der Waals surface area contributed by atoms with E-state index in [9.17, 15) is 21.0 Å². The number of nitrogens with zero attached hydrogens (tertiary/aromatic N) is 8. The molecule has 0 atom stereocenters. The van der Waals surface area contributed by atoms with Gasteiger partial charge in [-0.05, 0) is 184 Å². The molecule has 10 heteroatoms.